The number of rotatable bonds is 8. The summed E-state index contributed by atoms with van der Waals surface area (Å²) < 4.78 is 12.8. The molecule has 138 valence electrons. The Morgan fingerprint density at radius 2 is 1.77 bits per heavy atom. The van der Waals surface area contributed by atoms with Crippen LogP contribution in [0, 0.1) is 5.82 Å². The van der Waals surface area contributed by atoms with Crippen LogP contribution >= 0.6 is 23.4 Å². The lowest BCUT2D eigenvalue weighted by Crippen LogP contribution is -2.34. The second kappa shape index (κ2) is 10.2. The van der Waals surface area contributed by atoms with Crippen molar-refractivity contribution in [2.45, 2.75) is 17.7 Å². The number of nitrogens with zero attached hydrogens (tertiary/aromatic N) is 1. The maximum absolute atomic E-state index is 12.8. The summed E-state index contributed by atoms with van der Waals surface area (Å²) in [7, 11) is 1.60. The van der Waals surface area contributed by atoms with Crippen LogP contribution in [0.4, 0.5) is 10.1 Å². The molecule has 7 heteroatoms. The fourth-order valence-electron chi connectivity index (χ4n) is 2.17. The van der Waals surface area contributed by atoms with E-state index < -0.39 is 0 Å². The smallest absolute Gasteiger partial charge is 0.243 e. The standard InChI is InChI=1S/C19H20ClFN2O2S/c1-23(13-18(24)22-16-8-6-15(21)7-9-16)19(25)3-2-12-26-17-10-4-14(20)5-11-17/h4-11H,2-3,12-13H2,1H3,(H,22,24). The molecule has 0 aliphatic rings. The highest BCUT2D eigenvalue weighted by Gasteiger charge is 2.13. The quantitative estimate of drug-likeness (QED) is 0.531. The molecule has 0 unspecified atom stereocenters. The van der Waals surface area contributed by atoms with Gasteiger partial charge in [0, 0.05) is 29.1 Å². The lowest BCUT2D eigenvalue weighted by atomic mass is 10.3. The van der Waals surface area contributed by atoms with E-state index in [0.29, 0.717) is 17.1 Å². The normalized spacial score (nSPS) is 10.4. The lowest BCUT2D eigenvalue weighted by Gasteiger charge is -2.16. The van der Waals surface area contributed by atoms with E-state index in [1.807, 2.05) is 24.3 Å². The van der Waals surface area contributed by atoms with Gasteiger partial charge in [0.2, 0.25) is 11.8 Å². The van der Waals surface area contributed by atoms with Gasteiger partial charge in [-0.05, 0) is 60.7 Å². The number of likely N-dealkylation sites (N-methyl/N-ethyl adjacent to an activating group) is 1. The number of anilines is 1. The molecular formula is C19H20ClFN2O2S. The van der Waals surface area contributed by atoms with Crippen molar-refractivity contribution in [2.75, 3.05) is 24.7 Å². The highest BCUT2D eigenvalue weighted by Crippen LogP contribution is 2.21. The Labute approximate surface area is 161 Å². The van der Waals surface area contributed by atoms with Gasteiger partial charge in [0.05, 0.1) is 6.54 Å². The van der Waals surface area contributed by atoms with E-state index in [1.165, 1.54) is 29.2 Å². The Bertz CT molecular complexity index is 738. The van der Waals surface area contributed by atoms with Gasteiger partial charge in [0.15, 0.2) is 0 Å². The minimum absolute atomic E-state index is 0.0411. The second-order valence-electron chi connectivity index (χ2n) is 5.71. The fourth-order valence-corrected chi connectivity index (χ4v) is 3.15. The van der Waals surface area contributed by atoms with Crippen molar-refractivity contribution in [3.05, 3.63) is 59.4 Å². The first-order chi connectivity index (χ1) is 12.4. The first-order valence-electron chi connectivity index (χ1n) is 8.12. The molecule has 26 heavy (non-hydrogen) atoms. The number of carbonyl (C=O) groups is 2. The number of amides is 2. The Hall–Kier alpha value is -2.05. The molecule has 0 bridgehead atoms. The van der Waals surface area contributed by atoms with Crippen LogP contribution in [0.2, 0.25) is 5.02 Å². The van der Waals surface area contributed by atoms with Crippen LogP contribution in [0.3, 0.4) is 0 Å². The number of carbonyl (C=O) groups excluding carboxylic acids is 2. The van der Waals surface area contributed by atoms with Crippen molar-refractivity contribution in [1.82, 2.24) is 4.90 Å². The zero-order chi connectivity index (χ0) is 18.9. The van der Waals surface area contributed by atoms with Crippen LogP contribution in [-0.2, 0) is 9.59 Å². The minimum atomic E-state index is -0.369. The average molecular weight is 395 g/mol. The maximum Gasteiger partial charge on any atom is 0.243 e. The van der Waals surface area contributed by atoms with Crippen LogP contribution in [0.25, 0.3) is 0 Å². The third-order valence-electron chi connectivity index (χ3n) is 3.55. The van der Waals surface area contributed by atoms with Gasteiger partial charge >= 0.3 is 0 Å². The van der Waals surface area contributed by atoms with Gasteiger partial charge in [-0.2, -0.15) is 0 Å². The number of thioether (sulfide) groups is 1. The van der Waals surface area contributed by atoms with Gasteiger partial charge in [-0.3, -0.25) is 9.59 Å². The van der Waals surface area contributed by atoms with Crippen LogP contribution < -0.4 is 5.32 Å². The summed E-state index contributed by atoms with van der Waals surface area (Å²) in [6.07, 6.45) is 1.09. The van der Waals surface area contributed by atoms with Gasteiger partial charge in [0.25, 0.3) is 0 Å². The second-order valence-corrected chi connectivity index (χ2v) is 7.32. The van der Waals surface area contributed by atoms with E-state index in [9.17, 15) is 14.0 Å². The molecule has 1 N–H and O–H groups in total. The third kappa shape index (κ3) is 7.06. The van der Waals surface area contributed by atoms with E-state index in [4.69, 9.17) is 11.6 Å². The first kappa shape index (κ1) is 20.3. The molecule has 0 heterocycles. The number of halogens is 2. The molecule has 0 radical (unpaired) electrons. The van der Waals surface area contributed by atoms with E-state index in [2.05, 4.69) is 5.32 Å². The van der Waals surface area contributed by atoms with Gasteiger partial charge in [-0.1, -0.05) is 11.6 Å². The number of nitrogens with one attached hydrogen (secondary N) is 1. The molecule has 2 aromatic rings. The predicted octanol–water partition coefficient (Wildman–Crippen LogP) is 4.45. The van der Waals surface area contributed by atoms with E-state index in [-0.39, 0.29) is 24.2 Å². The Morgan fingerprint density at radius 3 is 2.42 bits per heavy atom. The van der Waals surface area contributed by atoms with E-state index in [0.717, 1.165) is 17.1 Å². The molecule has 0 spiro atoms. The molecule has 4 nitrogen and oxygen atoms in total. The zero-order valence-electron chi connectivity index (χ0n) is 14.4. The summed E-state index contributed by atoms with van der Waals surface area (Å²) in [5, 5.41) is 3.33. The fraction of sp³-hybridized carbons (Fsp3) is 0.263. The van der Waals surface area contributed by atoms with Crippen molar-refractivity contribution in [2.24, 2.45) is 0 Å². The molecular weight excluding hydrogens is 375 g/mol. The molecule has 2 aromatic carbocycles. The van der Waals surface area contributed by atoms with Crippen molar-refractivity contribution in [3.8, 4) is 0 Å². The summed E-state index contributed by atoms with van der Waals surface area (Å²) in [5.41, 5.74) is 0.497. The van der Waals surface area contributed by atoms with Gasteiger partial charge in [-0.15, -0.1) is 11.8 Å². The Morgan fingerprint density at radius 1 is 1.12 bits per heavy atom. The van der Waals surface area contributed by atoms with Crippen molar-refractivity contribution in [3.63, 3.8) is 0 Å². The zero-order valence-corrected chi connectivity index (χ0v) is 15.9. The summed E-state index contributed by atoms with van der Waals surface area (Å²) >= 11 is 7.50. The first-order valence-corrected chi connectivity index (χ1v) is 9.48. The van der Waals surface area contributed by atoms with Crippen LogP contribution in [0.1, 0.15) is 12.8 Å². The molecule has 2 amide bonds. The van der Waals surface area contributed by atoms with Crippen LogP contribution in [0.15, 0.2) is 53.4 Å². The van der Waals surface area contributed by atoms with Crippen LogP contribution in [-0.4, -0.2) is 36.1 Å². The number of benzene rings is 2. The molecule has 0 aliphatic heterocycles. The SMILES string of the molecule is CN(CC(=O)Nc1ccc(F)cc1)C(=O)CCCSc1ccc(Cl)cc1. The van der Waals surface area contributed by atoms with Gasteiger partial charge in [-0.25, -0.2) is 4.39 Å². The topological polar surface area (TPSA) is 49.4 Å². The highest BCUT2D eigenvalue weighted by molar-refractivity contribution is 7.99. The molecule has 0 saturated heterocycles. The molecule has 0 atom stereocenters. The predicted molar refractivity (Wildman–Crippen MR) is 104 cm³/mol. The highest BCUT2D eigenvalue weighted by atomic mass is 35.5. The largest absolute Gasteiger partial charge is 0.336 e. The van der Waals surface area contributed by atoms with Crippen molar-refractivity contribution in [1.29, 1.82) is 0 Å². The van der Waals surface area contributed by atoms with Crippen molar-refractivity contribution < 1.29 is 14.0 Å². The molecule has 0 saturated carbocycles. The molecule has 2 rings (SSSR count). The summed E-state index contributed by atoms with van der Waals surface area (Å²) in [5.74, 6) is 0.0360. The third-order valence-corrected chi connectivity index (χ3v) is 4.90. The number of hydrogen-bond acceptors (Lipinski definition) is 3. The van der Waals surface area contributed by atoms with Gasteiger partial charge in [0.1, 0.15) is 5.82 Å². The van der Waals surface area contributed by atoms with E-state index in [1.54, 1.807) is 18.8 Å². The van der Waals surface area contributed by atoms with E-state index >= 15 is 0 Å². The summed E-state index contributed by atoms with van der Waals surface area (Å²) in [4.78, 5) is 26.5. The molecule has 0 aromatic heterocycles. The van der Waals surface area contributed by atoms with Crippen LogP contribution in [0.5, 0.6) is 0 Å². The minimum Gasteiger partial charge on any atom is -0.336 e. The monoisotopic (exact) mass is 394 g/mol. The lowest BCUT2D eigenvalue weighted by molar-refractivity contribution is -0.133. The Balaban J connectivity index is 1.67. The molecule has 0 aliphatic carbocycles. The summed E-state index contributed by atoms with van der Waals surface area (Å²) in [6, 6.07) is 13.0. The number of hydrogen-bond donors (Lipinski definition) is 1. The van der Waals surface area contributed by atoms with Gasteiger partial charge < -0.3 is 10.2 Å². The Kier molecular flexibility index (Phi) is 7.94. The average Bonchev–Trinajstić information content (AvgIpc) is 2.62. The van der Waals surface area contributed by atoms with Crippen molar-refractivity contribution >= 4 is 40.9 Å². The molecule has 0 fully saturated rings. The summed E-state index contributed by atoms with van der Waals surface area (Å²) in [6.45, 7) is -0.0411. The maximum atomic E-state index is 12.8.